The number of nitrogens with zero attached hydrogens (tertiary/aromatic N) is 1. The number of urea groups is 1. The summed E-state index contributed by atoms with van der Waals surface area (Å²) in [6, 6.07) is 13.1. The molecular weight excluding hydrogens is 276 g/mol. The first-order valence-corrected chi connectivity index (χ1v) is 7.74. The molecular formula is C18H24N2O2. The lowest BCUT2D eigenvalue weighted by Crippen LogP contribution is -2.38. The van der Waals surface area contributed by atoms with Gasteiger partial charge in [-0.15, -0.1) is 0 Å². The summed E-state index contributed by atoms with van der Waals surface area (Å²) in [6.45, 7) is 7.00. The van der Waals surface area contributed by atoms with Crippen molar-refractivity contribution in [3.8, 4) is 0 Å². The zero-order valence-corrected chi connectivity index (χ0v) is 13.5. The van der Waals surface area contributed by atoms with E-state index in [2.05, 4.69) is 19.2 Å². The summed E-state index contributed by atoms with van der Waals surface area (Å²) in [6.07, 6.45) is 2.59. The summed E-state index contributed by atoms with van der Waals surface area (Å²) >= 11 is 0. The van der Waals surface area contributed by atoms with Crippen LogP contribution in [-0.4, -0.2) is 17.5 Å². The lowest BCUT2D eigenvalue weighted by Gasteiger charge is -2.29. The van der Waals surface area contributed by atoms with Gasteiger partial charge in [-0.05, 0) is 43.5 Å². The molecule has 0 spiro atoms. The largest absolute Gasteiger partial charge is 0.467 e. The Morgan fingerprint density at radius 2 is 1.86 bits per heavy atom. The molecule has 1 aromatic heterocycles. The highest BCUT2D eigenvalue weighted by Crippen LogP contribution is 2.23. The summed E-state index contributed by atoms with van der Waals surface area (Å²) in [5, 5.41) is 2.95. The molecule has 22 heavy (non-hydrogen) atoms. The van der Waals surface area contributed by atoms with E-state index >= 15 is 0 Å². The highest BCUT2D eigenvalue weighted by atomic mass is 16.3. The van der Waals surface area contributed by atoms with Crippen LogP contribution in [0.3, 0.4) is 0 Å². The maximum Gasteiger partial charge on any atom is 0.322 e. The first kappa shape index (κ1) is 16.1. The van der Waals surface area contributed by atoms with Gasteiger partial charge in [0.25, 0.3) is 0 Å². The summed E-state index contributed by atoms with van der Waals surface area (Å²) < 4.78 is 5.46. The van der Waals surface area contributed by atoms with Crippen molar-refractivity contribution in [2.24, 2.45) is 5.92 Å². The van der Waals surface area contributed by atoms with Gasteiger partial charge in [0.15, 0.2) is 0 Å². The van der Waals surface area contributed by atoms with E-state index in [1.165, 1.54) is 0 Å². The molecule has 2 aromatic rings. The van der Waals surface area contributed by atoms with Gasteiger partial charge in [-0.3, -0.25) is 0 Å². The Balaban J connectivity index is 2.10. The molecule has 1 unspecified atom stereocenters. The van der Waals surface area contributed by atoms with E-state index in [4.69, 9.17) is 4.42 Å². The van der Waals surface area contributed by atoms with Crippen molar-refractivity contribution in [1.82, 2.24) is 4.90 Å². The van der Waals surface area contributed by atoms with Gasteiger partial charge in [0.2, 0.25) is 0 Å². The number of para-hydroxylation sites is 1. The summed E-state index contributed by atoms with van der Waals surface area (Å²) in [4.78, 5) is 14.5. The molecule has 0 aliphatic heterocycles. The van der Waals surface area contributed by atoms with Crippen LogP contribution in [0.25, 0.3) is 0 Å². The number of anilines is 1. The third-order valence-corrected chi connectivity index (χ3v) is 3.66. The Morgan fingerprint density at radius 1 is 1.14 bits per heavy atom. The number of nitrogens with one attached hydrogen (secondary N) is 1. The van der Waals surface area contributed by atoms with Gasteiger partial charge in [0.05, 0.1) is 12.3 Å². The molecule has 2 rings (SSSR count). The molecule has 0 aliphatic rings. The minimum Gasteiger partial charge on any atom is -0.467 e. The maximum absolute atomic E-state index is 12.6. The number of furan rings is 1. The number of hydrogen-bond acceptors (Lipinski definition) is 2. The van der Waals surface area contributed by atoms with Gasteiger partial charge in [0.1, 0.15) is 5.76 Å². The minimum absolute atomic E-state index is 0.0996. The highest BCUT2D eigenvalue weighted by Gasteiger charge is 2.23. The Hall–Kier alpha value is -2.23. The molecule has 0 aliphatic carbocycles. The van der Waals surface area contributed by atoms with Crippen LogP contribution in [-0.2, 0) is 0 Å². The quantitative estimate of drug-likeness (QED) is 0.823. The van der Waals surface area contributed by atoms with Crippen LogP contribution >= 0.6 is 0 Å². The van der Waals surface area contributed by atoms with Gasteiger partial charge in [0, 0.05) is 12.2 Å². The maximum atomic E-state index is 12.6. The van der Waals surface area contributed by atoms with Gasteiger partial charge >= 0.3 is 6.03 Å². The van der Waals surface area contributed by atoms with Crippen molar-refractivity contribution in [2.45, 2.75) is 33.2 Å². The Morgan fingerprint density at radius 3 is 2.45 bits per heavy atom. The second kappa shape index (κ2) is 7.69. The van der Waals surface area contributed by atoms with E-state index in [0.717, 1.165) is 17.9 Å². The zero-order chi connectivity index (χ0) is 15.9. The Kier molecular flexibility index (Phi) is 5.64. The van der Waals surface area contributed by atoms with Crippen LogP contribution in [0.4, 0.5) is 10.5 Å². The van der Waals surface area contributed by atoms with Gasteiger partial charge < -0.3 is 14.6 Å². The van der Waals surface area contributed by atoms with Crippen molar-refractivity contribution in [1.29, 1.82) is 0 Å². The van der Waals surface area contributed by atoms with E-state index in [9.17, 15) is 4.79 Å². The molecule has 0 fully saturated rings. The number of benzene rings is 1. The van der Waals surface area contributed by atoms with Crippen molar-refractivity contribution in [3.63, 3.8) is 0 Å². The van der Waals surface area contributed by atoms with Crippen LogP contribution in [0.2, 0.25) is 0 Å². The third kappa shape index (κ3) is 4.38. The molecule has 0 saturated carbocycles. The first-order valence-electron chi connectivity index (χ1n) is 7.74. The van der Waals surface area contributed by atoms with Gasteiger partial charge in [-0.25, -0.2) is 4.79 Å². The molecule has 0 saturated heterocycles. The fourth-order valence-electron chi connectivity index (χ4n) is 2.27. The lowest BCUT2D eigenvalue weighted by molar-refractivity contribution is 0.179. The molecule has 0 radical (unpaired) electrons. The van der Waals surface area contributed by atoms with E-state index < -0.39 is 0 Å². The Bertz CT molecular complexity index is 564. The lowest BCUT2D eigenvalue weighted by atomic mass is 10.1. The van der Waals surface area contributed by atoms with Crippen LogP contribution in [0.1, 0.15) is 39.0 Å². The number of amides is 2. The van der Waals surface area contributed by atoms with Crippen molar-refractivity contribution in [3.05, 3.63) is 54.5 Å². The second-order valence-corrected chi connectivity index (χ2v) is 5.86. The average molecular weight is 300 g/mol. The topological polar surface area (TPSA) is 45.5 Å². The summed E-state index contributed by atoms with van der Waals surface area (Å²) in [5.41, 5.74) is 0.800. The van der Waals surface area contributed by atoms with Crippen molar-refractivity contribution in [2.75, 3.05) is 11.9 Å². The predicted octanol–water partition coefficient (Wildman–Crippen LogP) is 4.92. The number of carbonyl (C=O) groups excluding carboxylic acids is 1. The standard InChI is InChI=1S/C18H24N2O2/c1-14(2)11-12-20(15(3)17-10-7-13-22-17)18(21)19-16-8-5-4-6-9-16/h4-10,13-15H,11-12H2,1-3H3,(H,19,21). The van der Waals surface area contributed by atoms with Crippen molar-refractivity contribution >= 4 is 11.7 Å². The van der Waals surface area contributed by atoms with E-state index in [-0.39, 0.29) is 12.1 Å². The predicted molar refractivity (Wildman–Crippen MR) is 88.7 cm³/mol. The number of rotatable bonds is 6. The zero-order valence-electron chi connectivity index (χ0n) is 13.5. The van der Waals surface area contributed by atoms with E-state index in [0.29, 0.717) is 12.5 Å². The third-order valence-electron chi connectivity index (χ3n) is 3.66. The Labute approximate surface area is 132 Å². The van der Waals surface area contributed by atoms with Crippen LogP contribution in [0, 0.1) is 5.92 Å². The van der Waals surface area contributed by atoms with Crippen LogP contribution in [0.5, 0.6) is 0 Å². The van der Waals surface area contributed by atoms with E-state index in [1.807, 2.05) is 54.3 Å². The van der Waals surface area contributed by atoms with Crippen LogP contribution in [0.15, 0.2) is 53.1 Å². The van der Waals surface area contributed by atoms with Gasteiger partial charge in [-0.2, -0.15) is 0 Å². The highest BCUT2D eigenvalue weighted by molar-refractivity contribution is 5.89. The monoisotopic (exact) mass is 300 g/mol. The number of carbonyl (C=O) groups is 1. The molecule has 1 N–H and O–H groups in total. The normalized spacial score (nSPS) is 12.2. The molecule has 4 heteroatoms. The fraction of sp³-hybridized carbons (Fsp3) is 0.389. The second-order valence-electron chi connectivity index (χ2n) is 5.86. The number of hydrogen-bond donors (Lipinski definition) is 1. The minimum atomic E-state index is -0.101. The summed E-state index contributed by atoms with van der Waals surface area (Å²) in [5.74, 6) is 1.34. The molecule has 0 bridgehead atoms. The molecule has 1 aromatic carbocycles. The van der Waals surface area contributed by atoms with Gasteiger partial charge in [-0.1, -0.05) is 32.0 Å². The fourth-order valence-corrected chi connectivity index (χ4v) is 2.27. The molecule has 2 amide bonds. The average Bonchev–Trinajstić information content (AvgIpc) is 3.02. The van der Waals surface area contributed by atoms with Crippen LogP contribution < -0.4 is 5.32 Å². The SMILES string of the molecule is CC(C)CCN(C(=O)Nc1ccccc1)C(C)c1ccco1. The molecule has 1 heterocycles. The van der Waals surface area contributed by atoms with E-state index in [1.54, 1.807) is 6.26 Å². The molecule has 1 atom stereocenters. The first-order chi connectivity index (χ1) is 10.6. The molecule has 4 nitrogen and oxygen atoms in total. The van der Waals surface area contributed by atoms with Crippen molar-refractivity contribution < 1.29 is 9.21 Å². The molecule has 118 valence electrons. The summed E-state index contributed by atoms with van der Waals surface area (Å²) in [7, 11) is 0. The smallest absolute Gasteiger partial charge is 0.322 e.